The van der Waals surface area contributed by atoms with Gasteiger partial charge in [-0.3, -0.25) is 0 Å². The summed E-state index contributed by atoms with van der Waals surface area (Å²) in [7, 11) is 0. The molecular weight excluding hydrogens is 183 g/mol. The molecule has 0 aromatic rings. The molecule has 3 heteroatoms. The van der Waals surface area contributed by atoms with Gasteiger partial charge in [-0.15, -0.1) is 6.58 Å². The first kappa shape index (κ1) is 11.7. The Labute approximate surface area is 84.8 Å². The van der Waals surface area contributed by atoms with Crippen molar-refractivity contribution < 1.29 is 14.2 Å². The molecule has 1 rings (SSSR count). The van der Waals surface area contributed by atoms with Crippen LogP contribution in [0.15, 0.2) is 12.7 Å². The number of halogens is 1. The summed E-state index contributed by atoms with van der Waals surface area (Å²) in [6, 6.07) is 0. The van der Waals surface area contributed by atoms with Crippen LogP contribution in [-0.2, 0) is 4.74 Å². The second kappa shape index (κ2) is 6.14. The summed E-state index contributed by atoms with van der Waals surface area (Å²) in [5.41, 5.74) is 0. The maximum atomic E-state index is 13.2. The van der Waals surface area contributed by atoms with Gasteiger partial charge in [0.1, 0.15) is 6.17 Å². The molecule has 3 atom stereocenters. The van der Waals surface area contributed by atoms with Crippen molar-refractivity contribution >= 4 is 0 Å². The van der Waals surface area contributed by atoms with Gasteiger partial charge in [0.05, 0.1) is 18.8 Å². The maximum Gasteiger partial charge on any atom is 0.126 e. The van der Waals surface area contributed by atoms with Crippen molar-refractivity contribution in [1.29, 1.82) is 0 Å². The molecule has 0 bridgehead atoms. The molecular formula is C11H19FO2. The molecule has 0 aromatic heterocycles. The van der Waals surface area contributed by atoms with Gasteiger partial charge in [0.2, 0.25) is 0 Å². The van der Waals surface area contributed by atoms with Crippen molar-refractivity contribution in [3.63, 3.8) is 0 Å². The predicted octanol–water partition coefficient (Wildman–Crippen LogP) is 2.22. The highest BCUT2D eigenvalue weighted by Gasteiger charge is 2.23. The summed E-state index contributed by atoms with van der Waals surface area (Å²) in [5.74, 6) is 0. The molecule has 0 radical (unpaired) electrons. The Balaban J connectivity index is 2.31. The smallest absolute Gasteiger partial charge is 0.126 e. The minimum Gasteiger partial charge on any atom is -0.390 e. The van der Waals surface area contributed by atoms with Crippen molar-refractivity contribution in [2.24, 2.45) is 0 Å². The van der Waals surface area contributed by atoms with E-state index in [0.717, 1.165) is 12.8 Å². The van der Waals surface area contributed by atoms with E-state index in [2.05, 4.69) is 6.58 Å². The third-order valence-corrected chi connectivity index (χ3v) is 2.66. The molecule has 0 unspecified atom stereocenters. The highest BCUT2D eigenvalue weighted by Crippen LogP contribution is 2.22. The van der Waals surface area contributed by atoms with Crippen LogP contribution in [0.1, 0.15) is 32.1 Å². The van der Waals surface area contributed by atoms with E-state index < -0.39 is 12.3 Å². The van der Waals surface area contributed by atoms with E-state index in [1.165, 1.54) is 0 Å². The summed E-state index contributed by atoms with van der Waals surface area (Å²) < 4.78 is 18.7. The molecule has 0 aromatic carbocycles. The number of aliphatic hydroxyl groups is 1. The van der Waals surface area contributed by atoms with E-state index in [9.17, 15) is 9.50 Å². The predicted molar refractivity (Wildman–Crippen MR) is 53.9 cm³/mol. The van der Waals surface area contributed by atoms with Gasteiger partial charge >= 0.3 is 0 Å². The maximum absolute atomic E-state index is 13.2. The second-order valence-electron chi connectivity index (χ2n) is 3.84. The third kappa shape index (κ3) is 3.76. The summed E-state index contributed by atoms with van der Waals surface area (Å²) in [5, 5.41) is 9.31. The molecule has 14 heavy (non-hydrogen) atoms. The van der Waals surface area contributed by atoms with E-state index >= 15 is 0 Å². The van der Waals surface area contributed by atoms with E-state index in [4.69, 9.17) is 4.74 Å². The highest BCUT2D eigenvalue weighted by molar-refractivity contribution is 4.76. The van der Waals surface area contributed by atoms with Crippen LogP contribution in [-0.4, -0.2) is 30.1 Å². The lowest BCUT2D eigenvalue weighted by atomic mass is 9.95. The first-order chi connectivity index (χ1) is 6.74. The zero-order chi connectivity index (χ0) is 10.4. The van der Waals surface area contributed by atoms with E-state index in [-0.39, 0.29) is 6.10 Å². The van der Waals surface area contributed by atoms with E-state index in [1.54, 1.807) is 6.08 Å². The number of hydrogen-bond donors (Lipinski definition) is 1. The van der Waals surface area contributed by atoms with Crippen LogP contribution in [0, 0.1) is 0 Å². The number of hydrogen-bond acceptors (Lipinski definition) is 2. The van der Waals surface area contributed by atoms with Gasteiger partial charge in [0.15, 0.2) is 0 Å². The van der Waals surface area contributed by atoms with Gasteiger partial charge in [-0.2, -0.15) is 0 Å². The van der Waals surface area contributed by atoms with Gasteiger partial charge in [-0.25, -0.2) is 4.39 Å². The summed E-state index contributed by atoms with van der Waals surface area (Å²) in [6.45, 7) is 4.11. The Kier molecular flexibility index (Phi) is 5.12. The Bertz CT molecular complexity index is 173. The molecule has 82 valence electrons. The van der Waals surface area contributed by atoms with Crippen LogP contribution in [0.25, 0.3) is 0 Å². The van der Waals surface area contributed by atoms with Gasteiger partial charge < -0.3 is 9.84 Å². The standard InChI is InChI=1S/C11H19FO2/c1-2-8-14-9-4-3-5-11(13)10(12)7-6-9/h2,9-11,13H,1,3-8H2/t9-,10+,11+/m0/s1. The lowest BCUT2D eigenvalue weighted by molar-refractivity contribution is 0.00929. The summed E-state index contributed by atoms with van der Waals surface area (Å²) in [4.78, 5) is 0. The fourth-order valence-corrected chi connectivity index (χ4v) is 1.79. The van der Waals surface area contributed by atoms with Gasteiger partial charge in [-0.05, 0) is 32.1 Å². The first-order valence-corrected chi connectivity index (χ1v) is 5.28. The Morgan fingerprint density at radius 3 is 2.86 bits per heavy atom. The van der Waals surface area contributed by atoms with Crippen LogP contribution in [0.4, 0.5) is 4.39 Å². The number of alkyl halides is 1. The molecule has 0 spiro atoms. The largest absolute Gasteiger partial charge is 0.390 e. The zero-order valence-electron chi connectivity index (χ0n) is 8.49. The van der Waals surface area contributed by atoms with Crippen molar-refractivity contribution in [1.82, 2.24) is 0 Å². The van der Waals surface area contributed by atoms with Crippen molar-refractivity contribution in [2.75, 3.05) is 6.61 Å². The van der Waals surface area contributed by atoms with Crippen LogP contribution in [0.2, 0.25) is 0 Å². The van der Waals surface area contributed by atoms with Crippen LogP contribution >= 0.6 is 0 Å². The van der Waals surface area contributed by atoms with Crippen molar-refractivity contribution in [2.45, 2.75) is 50.5 Å². The molecule has 0 amide bonds. The topological polar surface area (TPSA) is 29.5 Å². The van der Waals surface area contributed by atoms with Crippen LogP contribution in [0.3, 0.4) is 0 Å². The van der Waals surface area contributed by atoms with E-state index in [0.29, 0.717) is 25.9 Å². The SMILES string of the molecule is C=CCO[C@H]1CCC[C@@H](O)[C@H](F)CC1. The molecule has 1 aliphatic carbocycles. The van der Waals surface area contributed by atoms with Crippen molar-refractivity contribution in [3.8, 4) is 0 Å². The molecule has 1 fully saturated rings. The average molecular weight is 202 g/mol. The normalized spacial score (nSPS) is 34.6. The lowest BCUT2D eigenvalue weighted by Gasteiger charge is -2.24. The summed E-state index contributed by atoms with van der Waals surface area (Å²) in [6.07, 6.45) is 3.41. The molecule has 1 saturated carbocycles. The Morgan fingerprint density at radius 1 is 1.36 bits per heavy atom. The van der Waals surface area contributed by atoms with Gasteiger partial charge in [-0.1, -0.05) is 6.08 Å². The summed E-state index contributed by atoms with van der Waals surface area (Å²) >= 11 is 0. The number of rotatable bonds is 3. The first-order valence-electron chi connectivity index (χ1n) is 5.28. The zero-order valence-corrected chi connectivity index (χ0v) is 8.49. The second-order valence-corrected chi connectivity index (χ2v) is 3.84. The molecule has 0 saturated heterocycles. The molecule has 0 heterocycles. The minimum absolute atomic E-state index is 0.138. The van der Waals surface area contributed by atoms with Crippen molar-refractivity contribution in [3.05, 3.63) is 12.7 Å². The average Bonchev–Trinajstić information content (AvgIpc) is 2.18. The number of aliphatic hydroxyl groups excluding tert-OH is 1. The van der Waals surface area contributed by atoms with Gasteiger partial charge in [0, 0.05) is 0 Å². The van der Waals surface area contributed by atoms with Crippen LogP contribution < -0.4 is 0 Å². The quantitative estimate of drug-likeness (QED) is 0.711. The lowest BCUT2D eigenvalue weighted by Crippen LogP contribution is -2.27. The van der Waals surface area contributed by atoms with Gasteiger partial charge in [0.25, 0.3) is 0 Å². The fourth-order valence-electron chi connectivity index (χ4n) is 1.79. The fraction of sp³-hybridized carbons (Fsp3) is 0.818. The molecule has 1 aliphatic rings. The molecule has 0 aliphatic heterocycles. The van der Waals surface area contributed by atoms with Crippen LogP contribution in [0.5, 0.6) is 0 Å². The van der Waals surface area contributed by atoms with E-state index in [1.807, 2.05) is 0 Å². The monoisotopic (exact) mass is 202 g/mol. The third-order valence-electron chi connectivity index (χ3n) is 2.66. The minimum atomic E-state index is -1.08. The molecule has 2 nitrogen and oxygen atoms in total. The number of ether oxygens (including phenoxy) is 1. The highest BCUT2D eigenvalue weighted by atomic mass is 19.1. The Hall–Kier alpha value is -0.410. The Morgan fingerprint density at radius 2 is 2.14 bits per heavy atom. The molecule has 1 N–H and O–H groups in total.